The zero-order chi connectivity index (χ0) is 14.3. The van der Waals surface area contributed by atoms with Crippen LogP contribution in [0.15, 0.2) is 36.4 Å². The Morgan fingerprint density at radius 2 is 1.60 bits per heavy atom. The molecule has 100 valence electrons. The lowest BCUT2D eigenvalue weighted by Gasteiger charge is -2.01. The van der Waals surface area contributed by atoms with E-state index < -0.39 is 0 Å². The van der Waals surface area contributed by atoms with E-state index in [-0.39, 0.29) is 5.91 Å². The summed E-state index contributed by atoms with van der Waals surface area (Å²) in [6.07, 6.45) is 1.76. The Balaban J connectivity index is 2.11. The van der Waals surface area contributed by atoms with Crippen LogP contribution in [0.2, 0.25) is 15.1 Å². The Labute approximate surface area is 131 Å². The van der Waals surface area contributed by atoms with Gasteiger partial charge in [-0.1, -0.05) is 40.9 Å². The van der Waals surface area contributed by atoms with Gasteiger partial charge in [0.05, 0.1) is 5.69 Å². The number of halogens is 3. The summed E-state index contributed by atoms with van der Waals surface area (Å²) in [7, 11) is 0. The molecule has 0 atom stereocenters. The van der Waals surface area contributed by atoms with Crippen molar-refractivity contribution in [3.8, 4) is 0 Å². The number of amides is 1. The van der Waals surface area contributed by atoms with Gasteiger partial charge in [0.2, 0.25) is 0 Å². The van der Waals surface area contributed by atoms with E-state index in [2.05, 4.69) is 5.32 Å². The number of carbonyl (C=O) groups excluding carboxylic acids is 1. The maximum Gasteiger partial charge on any atom is 0.256 e. The Kier molecular flexibility index (Phi) is 3.47. The number of anilines is 1. The summed E-state index contributed by atoms with van der Waals surface area (Å²) in [6.45, 7) is 0. The smallest absolute Gasteiger partial charge is 0.256 e. The molecule has 0 radical (unpaired) electrons. The van der Waals surface area contributed by atoms with Crippen LogP contribution in [0.25, 0.3) is 11.6 Å². The van der Waals surface area contributed by atoms with E-state index >= 15 is 0 Å². The third kappa shape index (κ3) is 2.55. The summed E-state index contributed by atoms with van der Waals surface area (Å²) in [5.41, 5.74) is 2.86. The zero-order valence-corrected chi connectivity index (χ0v) is 12.4. The van der Waals surface area contributed by atoms with Crippen molar-refractivity contribution >= 4 is 58.0 Å². The van der Waals surface area contributed by atoms with Crippen LogP contribution in [0.1, 0.15) is 11.1 Å². The maximum atomic E-state index is 12.0. The summed E-state index contributed by atoms with van der Waals surface area (Å²) in [4.78, 5) is 12.0. The fraction of sp³-hybridized carbons (Fsp3) is 0. The highest BCUT2D eigenvalue weighted by Gasteiger charge is 2.24. The largest absolute Gasteiger partial charge is 0.321 e. The van der Waals surface area contributed by atoms with E-state index in [0.717, 1.165) is 11.1 Å². The van der Waals surface area contributed by atoms with Gasteiger partial charge in [-0.15, -0.1) is 0 Å². The molecule has 0 aromatic heterocycles. The topological polar surface area (TPSA) is 29.1 Å². The van der Waals surface area contributed by atoms with Crippen LogP contribution in [0, 0.1) is 0 Å². The van der Waals surface area contributed by atoms with Crippen LogP contribution < -0.4 is 5.32 Å². The minimum Gasteiger partial charge on any atom is -0.321 e. The number of hydrogen-bond donors (Lipinski definition) is 1. The van der Waals surface area contributed by atoms with Gasteiger partial charge in [0.1, 0.15) is 0 Å². The van der Waals surface area contributed by atoms with Gasteiger partial charge in [0.15, 0.2) is 0 Å². The van der Waals surface area contributed by atoms with Crippen molar-refractivity contribution in [1.29, 1.82) is 0 Å². The van der Waals surface area contributed by atoms with Crippen molar-refractivity contribution in [3.63, 3.8) is 0 Å². The molecule has 0 unspecified atom stereocenters. The van der Waals surface area contributed by atoms with Crippen LogP contribution in [-0.2, 0) is 4.79 Å². The maximum absolute atomic E-state index is 12.0. The average Bonchev–Trinajstić information content (AvgIpc) is 2.64. The number of benzene rings is 2. The Morgan fingerprint density at radius 1 is 0.900 bits per heavy atom. The summed E-state index contributed by atoms with van der Waals surface area (Å²) < 4.78 is 0. The van der Waals surface area contributed by atoms with Crippen molar-refractivity contribution in [3.05, 3.63) is 62.6 Å². The molecule has 20 heavy (non-hydrogen) atoms. The van der Waals surface area contributed by atoms with Crippen molar-refractivity contribution in [1.82, 2.24) is 0 Å². The van der Waals surface area contributed by atoms with E-state index in [4.69, 9.17) is 34.8 Å². The molecule has 2 aromatic carbocycles. The molecule has 0 saturated carbocycles. The fourth-order valence-electron chi connectivity index (χ4n) is 2.14. The predicted octanol–water partition coefficient (Wildman–Crippen LogP) is 5.14. The molecule has 0 fully saturated rings. The van der Waals surface area contributed by atoms with Gasteiger partial charge in [-0.05, 0) is 42.0 Å². The molecular weight excluding hydrogens is 317 g/mol. The highest BCUT2D eigenvalue weighted by Crippen LogP contribution is 2.35. The third-order valence-corrected chi connectivity index (χ3v) is 3.63. The first-order valence-electron chi connectivity index (χ1n) is 5.82. The van der Waals surface area contributed by atoms with E-state index in [1.165, 1.54) is 0 Å². The first-order valence-corrected chi connectivity index (χ1v) is 6.95. The van der Waals surface area contributed by atoms with E-state index in [1.54, 1.807) is 36.4 Å². The molecule has 2 aromatic rings. The molecule has 0 spiro atoms. The molecule has 0 aliphatic carbocycles. The Hall–Kier alpha value is -1.48. The molecule has 3 rings (SSSR count). The molecule has 1 amide bonds. The summed E-state index contributed by atoms with van der Waals surface area (Å²) in [5, 5.41) is 4.41. The second-order valence-corrected chi connectivity index (χ2v) is 5.71. The highest BCUT2D eigenvalue weighted by atomic mass is 35.5. The number of carbonyl (C=O) groups is 1. The van der Waals surface area contributed by atoms with Crippen LogP contribution >= 0.6 is 34.8 Å². The number of hydrogen-bond acceptors (Lipinski definition) is 1. The highest BCUT2D eigenvalue weighted by molar-refractivity contribution is 6.37. The van der Waals surface area contributed by atoms with Crippen LogP contribution in [0.4, 0.5) is 5.69 Å². The first-order chi connectivity index (χ1) is 9.52. The molecule has 1 heterocycles. The fourth-order valence-corrected chi connectivity index (χ4v) is 2.85. The molecule has 2 nitrogen and oxygen atoms in total. The van der Waals surface area contributed by atoms with Gasteiger partial charge in [-0.3, -0.25) is 4.79 Å². The number of fused-ring (bicyclic) bond motifs is 1. The van der Waals surface area contributed by atoms with Crippen LogP contribution in [0.5, 0.6) is 0 Å². The monoisotopic (exact) mass is 323 g/mol. The molecule has 1 aliphatic heterocycles. The molecule has 1 aliphatic rings. The lowest BCUT2D eigenvalue weighted by Crippen LogP contribution is -2.03. The van der Waals surface area contributed by atoms with Crippen molar-refractivity contribution in [2.45, 2.75) is 0 Å². The van der Waals surface area contributed by atoms with Gasteiger partial charge >= 0.3 is 0 Å². The van der Waals surface area contributed by atoms with Crippen molar-refractivity contribution in [2.24, 2.45) is 0 Å². The van der Waals surface area contributed by atoms with Gasteiger partial charge < -0.3 is 5.32 Å². The summed E-state index contributed by atoms with van der Waals surface area (Å²) >= 11 is 17.8. The minimum absolute atomic E-state index is 0.168. The molecule has 5 heteroatoms. The summed E-state index contributed by atoms with van der Waals surface area (Å²) in [6, 6.07) is 10.4. The van der Waals surface area contributed by atoms with Gasteiger partial charge in [-0.2, -0.15) is 0 Å². The number of rotatable bonds is 1. The first kappa shape index (κ1) is 13.5. The predicted molar refractivity (Wildman–Crippen MR) is 84.4 cm³/mol. The van der Waals surface area contributed by atoms with E-state index in [1.807, 2.05) is 6.07 Å². The van der Waals surface area contributed by atoms with Crippen molar-refractivity contribution < 1.29 is 4.79 Å². The minimum atomic E-state index is -0.168. The SMILES string of the molecule is O=C1Nc2cc(Cl)ccc2/C1=C\c1cc(Cl)cc(Cl)c1. The Morgan fingerprint density at radius 3 is 2.30 bits per heavy atom. The second-order valence-electron chi connectivity index (χ2n) is 4.40. The molecular formula is C15H8Cl3NO. The molecule has 1 N–H and O–H groups in total. The number of nitrogens with one attached hydrogen (secondary N) is 1. The quantitative estimate of drug-likeness (QED) is 0.723. The average molecular weight is 325 g/mol. The van der Waals surface area contributed by atoms with Gasteiger partial charge in [-0.25, -0.2) is 0 Å². The molecule has 0 saturated heterocycles. The molecule has 0 bridgehead atoms. The van der Waals surface area contributed by atoms with E-state index in [0.29, 0.717) is 26.3 Å². The van der Waals surface area contributed by atoms with Crippen LogP contribution in [0.3, 0.4) is 0 Å². The Bertz CT molecular complexity index is 733. The van der Waals surface area contributed by atoms with Gasteiger partial charge in [0, 0.05) is 26.2 Å². The van der Waals surface area contributed by atoms with Gasteiger partial charge in [0.25, 0.3) is 5.91 Å². The normalized spacial score (nSPS) is 15.3. The third-order valence-electron chi connectivity index (χ3n) is 2.96. The lowest BCUT2D eigenvalue weighted by atomic mass is 10.0. The van der Waals surface area contributed by atoms with E-state index in [9.17, 15) is 4.79 Å². The second kappa shape index (κ2) is 5.13. The van der Waals surface area contributed by atoms with Crippen molar-refractivity contribution in [2.75, 3.05) is 5.32 Å². The summed E-state index contributed by atoms with van der Waals surface area (Å²) in [5.74, 6) is -0.168. The van der Waals surface area contributed by atoms with Crippen LogP contribution in [-0.4, -0.2) is 5.91 Å². The lowest BCUT2D eigenvalue weighted by molar-refractivity contribution is -0.110. The standard InChI is InChI=1S/C15H8Cl3NO/c16-9-1-2-12-13(15(20)19-14(12)7-9)5-8-3-10(17)6-11(18)4-8/h1-7H,(H,19,20)/b13-5+. The zero-order valence-electron chi connectivity index (χ0n) is 10.1.